The van der Waals surface area contributed by atoms with Gasteiger partial charge in [0, 0.05) is 17.3 Å². The monoisotopic (exact) mass is 696 g/mol. The highest BCUT2D eigenvalue weighted by atomic mass is 16.4. The van der Waals surface area contributed by atoms with Gasteiger partial charge in [0.2, 0.25) is 0 Å². The van der Waals surface area contributed by atoms with E-state index in [9.17, 15) is 9.90 Å². The maximum atomic E-state index is 12.0. The van der Waals surface area contributed by atoms with E-state index in [-0.39, 0.29) is 17.3 Å². The molecule has 0 aliphatic heterocycles. The van der Waals surface area contributed by atoms with Gasteiger partial charge in [0.15, 0.2) is 0 Å². The van der Waals surface area contributed by atoms with Gasteiger partial charge in [0.25, 0.3) is 0 Å². The van der Waals surface area contributed by atoms with Gasteiger partial charge in [-0.05, 0) is 107 Å². The fourth-order valence-electron chi connectivity index (χ4n) is 10.1. The number of fused-ring (bicyclic) bond motifs is 6. The van der Waals surface area contributed by atoms with Gasteiger partial charge in [-0.3, -0.25) is 4.79 Å². The summed E-state index contributed by atoms with van der Waals surface area (Å²) in [6.07, 6.45) is 21.0. The molecular formula is C50H64O2. The number of hydrogen-bond donors (Lipinski definition) is 1. The first-order chi connectivity index (χ1) is 25.3. The zero-order valence-corrected chi connectivity index (χ0v) is 33.0. The molecule has 1 unspecified atom stereocenters. The normalized spacial score (nSPS) is 16.4. The van der Waals surface area contributed by atoms with Crippen LogP contribution in [-0.2, 0) is 15.6 Å². The second-order valence-corrected chi connectivity index (χ2v) is 16.5. The summed E-state index contributed by atoms with van der Waals surface area (Å²) in [5.41, 5.74) is 16.1. The lowest BCUT2D eigenvalue weighted by atomic mass is 9.69. The van der Waals surface area contributed by atoms with Crippen molar-refractivity contribution in [3.05, 3.63) is 106 Å². The van der Waals surface area contributed by atoms with Crippen molar-refractivity contribution in [2.75, 3.05) is 0 Å². The molecule has 0 bridgehead atoms. The predicted molar refractivity (Wildman–Crippen MR) is 222 cm³/mol. The predicted octanol–water partition coefficient (Wildman–Crippen LogP) is 14.7. The van der Waals surface area contributed by atoms with E-state index in [1.807, 2.05) is 0 Å². The summed E-state index contributed by atoms with van der Waals surface area (Å²) in [7, 11) is 0. The zero-order valence-electron chi connectivity index (χ0n) is 33.0. The molecule has 276 valence electrons. The van der Waals surface area contributed by atoms with E-state index in [1.165, 1.54) is 151 Å². The van der Waals surface area contributed by atoms with Gasteiger partial charge in [-0.25, -0.2) is 0 Å². The highest BCUT2D eigenvalue weighted by Gasteiger charge is 2.44. The molecule has 52 heavy (non-hydrogen) atoms. The third kappa shape index (κ3) is 7.55. The Morgan fingerprint density at radius 1 is 0.462 bits per heavy atom. The molecule has 0 aromatic heterocycles. The van der Waals surface area contributed by atoms with Crippen LogP contribution >= 0.6 is 0 Å². The molecule has 0 radical (unpaired) electrons. The van der Waals surface area contributed by atoms with Crippen LogP contribution < -0.4 is 0 Å². The second kappa shape index (κ2) is 17.0. The molecule has 0 spiro atoms. The highest BCUT2D eigenvalue weighted by Crippen LogP contribution is 2.57. The van der Waals surface area contributed by atoms with Crippen molar-refractivity contribution in [3.8, 4) is 33.4 Å². The lowest BCUT2D eigenvalue weighted by Gasteiger charge is -2.33. The maximum Gasteiger partial charge on any atom is 0.303 e. The summed E-state index contributed by atoms with van der Waals surface area (Å²) in [5, 5.41) is 9.90. The molecule has 2 aliphatic rings. The van der Waals surface area contributed by atoms with E-state index in [0.29, 0.717) is 6.42 Å². The van der Waals surface area contributed by atoms with Gasteiger partial charge in [0.1, 0.15) is 0 Å². The molecule has 2 nitrogen and oxygen atoms in total. The van der Waals surface area contributed by atoms with Crippen molar-refractivity contribution in [1.82, 2.24) is 0 Å². The smallest absolute Gasteiger partial charge is 0.303 e. The number of hydrogen-bond acceptors (Lipinski definition) is 1. The molecule has 0 saturated heterocycles. The molecule has 4 aromatic rings. The fourth-order valence-corrected chi connectivity index (χ4v) is 10.1. The van der Waals surface area contributed by atoms with Crippen molar-refractivity contribution in [2.45, 2.75) is 161 Å². The number of unbranched alkanes of at least 4 members (excludes halogenated alkanes) is 10. The summed E-state index contributed by atoms with van der Waals surface area (Å²) in [6, 6.07) is 28.5. The Hall–Kier alpha value is -3.65. The number of carboxylic acid groups (broad SMARTS) is 1. The van der Waals surface area contributed by atoms with Crippen molar-refractivity contribution in [3.63, 3.8) is 0 Å². The van der Waals surface area contributed by atoms with E-state index < -0.39 is 5.97 Å². The Bertz CT molecular complexity index is 1830. The van der Waals surface area contributed by atoms with Crippen LogP contribution in [0.15, 0.2) is 72.8 Å². The average Bonchev–Trinajstić information content (AvgIpc) is 3.55. The van der Waals surface area contributed by atoms with Crippen LogP contribution in [0.2, 0.25) is 0 Å². The Balaban J connectivity index is 1.43. The van der Waals surface area contributed by atoms with E-state index in [1.54, 1.807) is 5.56 Å². The van der Waals surface area contributed by atoms with Crippen molar-refractivity contribution in [2.24, 2.45) is 0 Å². The number of rotatable bonds is 20. The van der Waals surface area contributed by atoms with E-state index in [4.69, 9.17) is 0 Å². The first kappa shape index (κ1) is 38.1. The third-order valence-corrected chi connectivity index (χ3v) is 12.7. The van der Waals surface area contributed by atoms with E-state index >= 15 is 0 Å². The minimum Gasteiger partial charge on any atom is -0.481 e. The van der Waals surface area contributed by atoms with E-state index in [2.05, 4.69) is 107 Å². The lowest BCUT2D eigenvalue weighted by Crippen LogP contribution is -2.26. The maximum absolute atomic E-state index is 12.0. The van der Waals surface area contributed by atoms with Gasteiger partial charge in [-0.2, -0.15) is 0 Å². The first-order valence-electron chi connectivity index (χ1n) is 21.0. The van der Waals surface area contributed by atoms with Gasteiger partial charge in [0.05, 0.1) is 0 Å². The molecule has 1 atom stereocenters. The van der Waals surface area contributed by atoms with Crippen molar-refractivity contribution < 1.29 is 9.90 Å². The largest absolute Gasteiger partial charge is 0.481 e. The highest BCUT2D eigenvalue weighted by molar-refractivity contribution is 5.87. The van der Waals surface area contributed by atoms with Crippen molar-refractivity contribution in [1.29, 1.82) is 0 Å². The molecule has 6 rings (SSSR count). The molecule has 1 N–H and O–H groups in total. The van der Waals surface area contributed by atoms with Gasteiger partial charge in [-0.15, -0.1) is 0 Å². The standard InChI is InChI=1S/C50H64O2/c1-6-9-11-13-15-17-29-50(30-18-16-14-12-10-7-2)45-33-37(5)20-24-41(45)43-26-22-39(35-47(43)50)38-21-25-42-40-23-19-36(4)32-44(40)49(28-8-3,46(42)34-38)31-27-48(51)52/h19-26,32-35H,6-18,27-31H2,1-5H3,(H,51,52). The number of carboxylic acids is 1. The van der Waals surface area contributed by atoms with Crippen LogP contribution in [0.1, 0.15) is 170 Å². The molecule has 2 heteroatoms. The summed E-state index contributed by atoms with van der Waals surface area (Å²) in [4.78, 5) is 12.0. The summed E-state index contributed by atoms with van der Waals surface area (Å²) < 4.78 is 0. The average molecular weight is 697 g/mol. The Kier molecular flexibility index (Phi) is 12.5. The lowest BCUT2D eigenvalue weighted by molar-refractivity contribution is -0.137. The number of aliphatic carboxylic acids is 1. The van der Waals surface area contributed by atoms with Gasteiger partial charge >= 0.3 is 5.97 Å². The van der Waals surface area contributed by atoms with Crippen molar-refractivity contribution >= 4 is 5.97 Å². The van der Waals surface area contributed by atoms with Crippen LogP contribution in [0.4, 0.5) is 0 Å². The Morgan fingerprint density at radius 2 is 0.846 bits per heavy atom. The molecule has 0 amide bonds. The Morgan fingerprint density at radius 3 is 1.27 bits per heavy atom. The first-order valence-corrected chi connectivity index (χ1v) is 21.0. The van der Waals surface area contributed by atoms with Crippen LogP contribution in [0, 0.1) is 13.8 Å². The van der Waals surface area contributed by atoms with Crippen LogP contribution in [0.5, 0.6) is 0 Å². The van der Waals surface area contributed by atoms with Crippen LogP contribution in [0.25, 0.3) is 33.4 Å². The number of benzene rings is 4. The molecule has 2 aliphatic carbocycles. The Labute approximate surface area is 315 Å². The van der Waals surface area contributed by atoms with Gasteiger partial charge < -0.3 is 5.11 Å². The molecule has 0 fully saturated rings. The summed E-state index contributed by atoms with van der Waals surface area (Å²) in [6.45, 7) is 11.3. The summed E-state index contributed by atoms with van der Waals surface area (Å²) in [5.74, 6) is -0.713. The number of carbonyl (C=O) groups is 1. The minimum absolute atomic E-state index is 0.0418. The molecule has 0 saturated carbocycles. The third-order valence-electron chi connectivity index (χ3n) is 12.7. The fraction of sp³-hybridized carbons (Fsp3) is 0.500. The topological polar surface area (TPSA) is 37.3 Å². The van der Waals surface area contributed by atoms with E-state index in [0.717, 1.165) is 12.8 Å². The molecule has 4 aromatic carbocycles. The summed E-state index contributed by atoms with van der Waals surface area (Å²) >= 11 is 0. The van der Waals surface area contributed by atoms with Gasteiger partial charge in [-0.1, -0.05) is 176 Å². The minimum atomic E-state index is -0.713. The SMILES string of the molecule is CCCCCCCCC1(CCCCCCCC)c2cc(C)ccc2-c2ccc(-c3ccc4c(c3)C(CCC)(CCC(=O)O)c3cc(C)ccc3-4)cc21. The molecule has 0 heterocycles. The number of aryl methyl sites for hydroxylation is 2. The van der Waals surface area contributed by atoms with Crippen LogP contribution in [0.3, 0.4) is 0 Å². The van der Waals surface area contributed by atoms with Crippen LogP contribution in [-0.4, -0.2) is 11.1 Å². The quantitative estimate of drug-likeness (QED) is 0.0934. The second-order valence-electron chi connectivity index (χ2n) is 16.5. The molecular weight excluding hydrogens is 633 g/mol. The zero-order chi connectivity index (χ0) is 36.7.